The Morgan fingerprint density at radius 1 is 1.29 bits per heavy atom. The molecule has 0 saturated heterocycles. The Balaban J connectivity index is 3.02. The van der Waals surface area contributed by atoms with Crippen molar-refractivity contribution in [2.75, 3.05) is 6.54 Å². The molecular formula is C9H8F3N3O2. The van der Waals surface area contributed by atoms with Crippen molar-refractivity contribution in [2.45, 2.75) is 12.2 Å². The van der Waals surface area contributed by atoms with Gasteiger partial charge in [0.25, 0.3) is 0 Å². The molecule has 2 unspecified atom stereocenters. The quantitative estimate of drug-likeness (QED) is 0.367. The molecule has 0 aliphatic heterocycles. The Kier molecular flexibility index (Phi) is 4.33. The first kappa shape index (κ1) is 13.3. The number of hydrogen-bond acceptors (Lipinski definition) is 3. The van der Waals surface area contributed by atoms with Crippen molar-refractivity contribution in [1.82, 2.24) is 0 Å². The fourth-order valence-electron chi connectivity index (χ4n) is 1.22. The minimum Gasteiger partial charge on any atom is -0.390 e. The molecule has 0 bridgehead atoms. The minimum atomic E-state index is -1.88. The van der Waals surface area contributed by atoms with Crippen molar-refractivity contribution in [1.29, 1.82) is 0 Å². The molecule has 1 aromatic carbocycles. The largest absolute Gasteiger partial charge is 0.390 e. The topological polar surface area (TPSA) is 89.2 Å². The normalized spacial score (nSPS) is 13.9. The zero-order valence-corrected chi connectivity index (χ0v) is 8.39. The van der Waals surface area contributed by atoms with Crippen LogP contribution in [0.4, 0.5) is 13.2 Å². The molecule has 0 saturated carbocycles. The monoisotopic (exact) mass is 247 g/mol. The molecule has 0 fully saturated rings. The molecule has 17 heavy (non-hydrogen) atoms. The van der Waals surface area contributed by atoms with E-state index in [9.17, 15) is 23.4 Å². The molecule has 0 amide bonds. The van der Waals surface area contributed by atoms with Gasteiger partial charge in [0.1, 0.15) is 11.9 Å². The van der Waals surface area contributed by atoms with E-state index in [4.69, 9.17) is 5.53 Å². The summed E-state index contributed by atoms with van der Waals surface area (Å²) in [6.07, 6.45) is -3.53. The third-order valence-electron chi connectivity index (χ3n) is 2.04. The van der Waals surface area contributed by atoms with Crippen LogP contribution in [0.25, 0.3) is 10.4 Å². The van der Waals surface area contributed by atoms with Gasteiger partial charge in [-0.15, -0.1) is 0 Å². The lowest BCUT2D eigenvalue weighted by molar-refractivity contribution is 0.0216. The predicted molar refractivity (Wildman–Crippen MR) is 51.3 cm³/mol. The number of nitrogens with zero attached hydrogens (tertiary/aromatic N) is 3. The molecule has 0 heterocycles. The average Bonchev–Trinajstić information content (AvgIpc) is 2.29. The minimum absolute atomic E-state index is 0.311. The average molecular weight is 247 g/mol. The van der Waals surface area contributed by atoms with Crippen LogP contribution in [0.2, 0.25) is 0 Å². The SMILES string of the molecule is [N-]=[N+]=NCC(O)C(O)c1cc(F)cc(F)c1F. The molecule has 0 aliphatic rings. The second-order valence-electron chi connectivity index (χ2n) is 3.22. The van der Waals surface area contributed by atoms with Crippen molar-refractivity contribution in [3.63, 3.8) is 0 Å². The summed E-state index contributed by atoms with van der Waals surface area (Å²) in [4.78, 5) is 2.32. The van der Waals surface area contributed by atoms with Gasteiger partial charge in [-0.1, -0.05) is 5.11 Å². The predicted octanol–water partition coefficient (Wildman–Crippen LogP) is 1.81. The van der Waals surface area contributed by atoms with Crippen LogP contribution < -0.4 is 0 Å². The van der Waals surface area contributed by atoms with Gasteiger partial charge in [0.15, 0.2) is 11.6 Å². The first-order chi connectivity index (χ1) is 7.97. The summed E-state index contributed by atoms with van der Waals surface area (Å²) in [5.74, 6) is -4.03. The van der Waals surface area contributed by atoms with Crippen molar-refractivity contribution in [3.8, 4) is 0 Å². The maximum atomic E-state index is 13.2. The zero-order chi connectivity index (χ0) is 13.0. The van der Waals surface area contributed by atoms with Crippen LogP contribution in [0.5, 0.6) is 0 Å². The smallest absolute Gasteiger partial charge is 0.164 e. The first-order valence-electron chi connectivity index (χ1n) is 4.48. The van der Waals surface area contributed by atoms with Gasteiger partial charge >= 0.3 is 0 Å². The summed E-state index contributed by atoms with van der Waals surface area (Å²) >= 11 is 0. The maximum absolute atomic E-state index is 13.2. The molecule has 0 aromatic heterocycles. The summed E-state index contributed by atoms with van der Waals surface area (Å²) in [7, 11) is 0. The van der Waals surface area contributed by atoms with Crippen LogP contribution in [0, 0.1) is 17.5 Å². The van der Waals surface area contributed by atoms with Gasteiger partial charge in [0.05, 0.1) is 12.6 Å². The van der Waals surface area contributed by atoms with E-state index in [1.54, 1.807) is 0 Å². The van der Waals surface area contributed by atoms with E-state index in [1.807, 2.05) is 0 Å². The second kappa shape index (κ2) is 5.53. The summed E-state index contributed by atoms with van der Waals surface area (Å²) in [5, 5.41) is 21.7. The standard InChI is InChI=1S/C9H8F3N3O2/c10-4-1-5(8(12)6(11)2-4)9(17)7(16)3-14-15-13/h1-2,7,9,16-17H,3H2. The van der Waals surface area contributed by atoms with Gasteiger partial charge in [0, 0.05) is 16.5 Å². The van der Waals surface area contributed by atoms with Crippen molar-refractivity contribution in [3.05, 3.63) is 45.6 Å². The van der Waals surface area contributed by atoms with Crippen LogP contribution in [0.1, 0.15) is 11.7 Å². The van der Waals surface area contributed by atoms with Crippen molar-refractivity contribution in [2.24, 2.45) is 5.11 Å². The van der Waals surface area contributed by atoms with Crippen LogP contribution >= 0.6 is 0 Å². The lowest BCUT2D eigenvalue weighted by atomic mass is 10.0. The van der Waals surface area contributed by atoms with E-state index < -0.39 is 41.8 Å². The van der Waals surface area contributed by atoms with E-state index in [1.165, 1.54) is 0 Å². The number of rotatable bonds is 4. The molecule has 8 heteroatoms. The number of hydrogen-bond donors (Lipinski definition) is 2. The van der Waals surface area contributed by atoms with Gasteiger partial charge in [0.2, 0.25) is 0 Å². The third-order valence-corrected chi connectivity index (χ3v) is 2.04. The number of halogens is 3. The molecule has 5 nitrogen and oxygen atoms in total. The molecule has 0 radical (unpaired) electrons. The number of aliphatic hydroxyl groups excluding tert-OH is 2. The molecule has 2 atom stereocenters. The highest BCUT2D eigenvalue weighted by Crippen LogP contribution is 2.23. The summed E-state index contributed by atoms with van der Waals surface area (Å²) < 4.78 is 38.8. The fourth-order valence-corrected chi connectivity index (χ4v) is 1.22. The second-order valence-corrected chi connectivity index (χ2v) is 3.22. The zero-order valence-electron chi connectivity index (χ0n) is 8.39. The Hall–Kier alpha value is -1.76. The number of aliphatic hydroxyl groups is 2. The van der Waals surface area contributed by atoms with Gasteiger partial charge in [-0.3, -0.25) is 0 Å². The Labute approximate surface area is 93.7 Å². The lowest BCUT2D eigenvalue weighted by Gasteiger charge is -2.17. The van der Waals surface area contributed by atoms with E-state index in [2.05, 4.69) is 10.0 Å². The fraction of sp³-hybridized carbons (Fsp3) is 0.333. The van der Waals surface area contributed by atoms with Gasteiger partial charge in [-0.2, -0.15) is 0 Å². The van der Waals surface area contributed by atoms with Gasteiger partial charge in [-0.05, 0) is 11.6 Å². The highest BCUT2D eigenvalue weighted by atomic mass is 19.2. The number of benzene rings is 1. The van der Waals surface area contributed by atoms with Crippen molar-refractivity contribution >= 4 is 0 Å². The van der Waals surface area contributed by atoms with Gasteiger partial charge < -0.3 is 10.2 Å². The van der Waals surface area contributed by atoms with E-state index in [-0.39, 0.29) is 0 Å². The van der Waals surface area contributed by atoms with Crippen LogP contribution in [0.15, 0.2) is 17.2 Å². The molecule has 2 N–H and O–H groups in total. The Morgan fingerprint density at radius 2 is 1.94 bits per heavy atom. The summed E-state index contributed by atoms with van der Waals surface area (Å²) in [5.41, 5.74) is 7.25. The highest BCUT2D eigenvalue weighted by molar-refractivity contribution is 5.23. The van der Waals surface area contributed by atoms with Crippen LogP contribution in [-0.4, -0.2) is 22.9 Å². The maximum Gasteiger partial charge on any atom is 0.164 e. The summed E-state index contributed by atoms with van der Waals surface area (Å²) in [6.45, 7) is -0.546. The first-order valence-corrected chi connectivity index (χ1v) is 4.48. The lowest BCUT2D eigenvalue weighted by Crippen LogP contribution is -2.22. The molecule has 1 rings (SSSR count). The van der Waals surface area contributed by atoms with Gasteiger partial charge in [-0.25, -0.2) is 13.2 Å². The molecule has 0 aliphatic carbocycles. The molecule has 92 valence electrons. The molecular weight excluding hydrogens is 239 g/mol. The third kappa shape index (κ3) is 3.10. The van der Waals surface area contributed by atoms with Crippen LogP contribution in [-0.2, 0) is 0 Å². The highest BCUT2D eigenvalue weighted by Gasteiger charge is 2.23. The van der Waals surface area contributed by atoms with Crippen LogP contribution in [0.3, 0.4) is 0 Å². The Morgan fingerprint density at radius 3 is 2.53 bits per heavy atom. The van der Waals surface area contributed by atoms with E-state index in [0.717, 1.165) is 0 Å². The van der Waals surface area contributed by atoms with E-state index in [0.29, 0.717) is 12.1 Å². The summed E-state index contributed by atoms with van der Waals surface area (Å²) in [6, 6.07) is 0.869. The Bertz CT molecular complexity index is 463. The molecule has 0 spiro atoms. The molecule has 1 aromatic rings. The number of azide groups is 1. The van der Waals surface area contributed by atoms with E-state index >= 15 is 0 Å². The van der Waals surface area contributed by atoms with Crippen molar-refractivity contribution < 1.29 is 23.4 Å².